The van der Waals surface area contributed by atoms with Crippen LogP contribution in [-0.2, 0) is 0 Å². The monoisotopic (exact) mass is 308 g/mol. The fourth-order valence-electron chi connectivity index (χ4n) is 3.40. The maximum atomic E-state index is 5.96. The minimum absolute atomic E-state index is 0.374. The van der Waals surface area contributed by atoms with Crippen molar-refractivity contribution in [3.8, 4) is 0 Å². The minimum Gasteiger partial charge on any atom is -0.307 e. The van der Waals surface area contributed by atoms with E-state index >= 15 is 0 Å². The fourth-order valence-corrected chi connectivity index (χ4v) is 3.52. The fraction of sp³-hybridized carbons (Fsp3) is 0.667. The molecule has 118 valence electrons. The molecule has 1 saturated heterocycles. The highest BCUT2D eigenvalue weighted by Gasteiger charge is 2.25. The number of halogens is 1. The van der Waals surface area contributed by atoms with Gasteiger partial charge in [-0.2, -0.15) is 0 Å². The average molecular weight is 309 g/mol. The summed E-state index contributed by atoms with van der Waals surface area (Å²) in [5.41, 5.74) is 1.31. The van der Waals surface area contributed by atoms with E-state index in [9.17, 15) is 0 Å². The van der Waals surface area contributed by atoms with Gasteiger partial charge in [-0.3, -0.25) is 0 Å². The zero-order chi connectivity index (χ0) is 15.2. The van der Waals surface area contributed by atoms with Gasteiger partial charge in [-0.15, -0.1) is 0 Å². The molecule has 0 aliphatic carbocycles. The van der Waals surface area contributed by atoms with Crippen molar-refractivity contribution < 1.29 is 0 Å². The molecule has 0 aromatic heterocycles. The standard InChI is InChI=1S/C18H29ClN2/c1-4-11-21-12-5-6-17(13-21)15(3)20-14(2)16-7-9-18(19)10-8-16/h7-10,14-15,17,20H,4-6,11-13H2,1-3H3/t14-,15?,17?/m1/s1. The topological polar surface area (TPSA) is 15.3 Å². The molecule has 3 atom stereocenters. The lowest BCUT2D eigenvalue weighted by molar-refractivity contribution is 0.147. The van der Waals surface area contributed by atoms with Crippen LogP contribution in [0.25, 0.3) is 0 Å². The maximum absolute atomic E-state index is 5.96. The normalized spacial score (nSPS) is 23.0. The quantitative estimate of drug-likeness (QED) is 0.832. The Morgan fingerprint density at radius 1 is 1.29 bits per heavy atom. The van der Waals surface area contributed by atoms with E-state index < -0.39 is 0 Å². The van der Waals surface area contributed by atoms with Crippen LogP contribution in [0.1, 0.15) is 51.6 Å². The number of nitrogens with one attached hydrogen (secondary N) is 1. The van der Waals surface area contributed by atoms with Crippen LogP contribution in [0.2, 0.25) is 5.02 Å². The van der Waals surface area contributed by atoms with Crippen molar-refractivity contribution in [3.63, 3.8) is 0 Å². The minimum atomic E-state index is 0.374. The van der Waals surface area contributed by atoms with Gasteiger partial charge in [-0.05, 0) is 69.8 Å². The molecule has 0 amide bonds. The largest absolute Gasteiger partial charge is 0.307 e. The summed E-state index contributed by atoms with van der Waals surface area (Å²) < 4.78 is 0. The van der Waals surface area contributed by atoms with Gasteiger partial charge in [0.1, 0.15) is 0 Å². The smallest absolute Gasteiger partial charge is 0.0406 e. The van der Waals surface area contributed by atoms with Crippen molar-refractivity contribution in [2.75, 3.05) is 19.6 Å². The molecule has 0 bridgehead atoms. The van der Waals surface area contributed by atoms with Crippen LogP contribution in [0.4, 0.5) is 0 Å². The molecule has 1 N–H and O–H groups in total. The Balaban J connectivity index is 1.88. The summed E-state index contributed by atoms with van der Waals surface area (Å²) >= 11 is 5.96. The van der Waals surface area contributed by atoms with E-state index in [-0.39, 0.29) is 0 Å². The summed E-state index contributed by atoms with van der Waals surface area (Å²) in [4.78, 5) is 2.62. The summed E-state index contributed by atoms with van der Waals surface area (Å²) in [7, 11) is 0. The molecular formula is C18H29ClN2. The molecule has 1 aromatic carbocycles. The summed E-state index contributed by atoms with van der Waals surface area (Å²) in [5.74, 6) is 0.764. The molecule has 0 saturated carbocycles. The first-order valence-corrected chi connectivity index (χ1v) is 8.71. The van der Waals surface area contributed by atoms with Gasteiger partial charge < -0.3 is 10.2 Å². The lowest BCUT2D eigenvalue weighted by Gasteiger charge is -2.37. The van der Waals surface area contributed by atoms with Crippen molar-refractivity contribution in [1.29, 1.82) is 0 Å². The molecule has 1 aliphatic rings. The molecule has 2 unspecified atom stereocenters. The second-order valence-corrected chi connectivity index (χ2v) is 6.87. The van der Waals surface area contributed by atoms with Crippen LogP contribution in [0, 0.1) is 5.92 Å². The highest BCUT2D eigenvalue weighted by atomic mass is 35.5. The second kappa shape index (κ2) is 8.17. The van der Waals surface area contributed by atoms with Crippen LogP contribution in [0.3, 0.4) is 0 Å². The first-order valence-electron chi connectivity index (χ1n) is 8.34. The van der Waals surface area contributed by atoms with Crippen molar-refractivity contribution in [1.82, 2.24) is 10.2 Å². The van der Waals surface area contributed by atoms with Gasteiger partial charge in [-0.25, -0.2) is 0 Å². The molecule has 2 rings (SSSR count). The number of rotatable bonds is 6. The summed E-state index contributed by atoms with van der Waals surface area (Å²) in [6, 6.07) is 9.12. The molecule has 1 aromatic rings. The SMILES string of the molecule is CCCN1CCCC(C(C)N[C@H](C)c2ccc(Cl)cc2)C1. The highest BCUT2D eigenvalue weighted by Crippen LogP contribution is 2.23. The third kappa shape index (κ3) is 4.98. The Kier molecular flexibility index (Phi) is 6.53. The van der Waals surface area contributed by atoms with E-state index in [1.165, 1.54) is 44.5 Å². The van der Waals surface area contributed by atoms with Crippen LogP contribution in [-0.4, -0.2) is 30.6 Å². The lowest BCUT2D eigenvalue weighted by atomic mass is 9.90. The number of piperidine rings is 1. The highest BCUT2D eigenvalue weighted by molar-refractivity contribution is 6.30. The predicted molar refractivity (Wildman–Crippen MR) is 91.9 cm³/mol. The summed E-state index contributed by atoms with van der Waals surface area (Å²) in [6.07, 6.45) is 3.95. The number of benzene rings is 1. The Bertz CT molecular complexity index is 416. The van der Waals surface area contributed by atoms with Crippen molar-refractivity contribution in [3.05, 3.63) is 34.9 Å². The molecule has 1 fully saturated rings. The zero-order valence-electron chi connectivity index (χ0n) is 13.6. The predicted octanol–water partition coefficient (Wildman–Crippen LogP) is 4.50. The van der Waals surface area contributed by atoms with E-state index in [0.717, 1.165) is 10.9 Å². The first kappa shape index (κ1) is 16.8. The Hall–Kier alpha value is -0.570. The van der Waals surface area contributed by atoms with E-state index in [4.69, 9.17) is 11.6 Å². The van der Waals surface area contributed by atoms with Gasteiger partial charge >= 0.3 is 0 Å². The molecule has 0 spiro atoms. The van der Waals surface area contributed by atoms with Gasteiger partial charge in [0.05, 0.1) is 0 Å². The number of likely N-dealkylation sites (tertiary alicyclic amines) is 1. The molecular weight excluding hydrogens is 280 g/mol. The van der Waals surface area contributed by atoms with Gasteiger partial charge in [0, 0.05) is 23.7 Å². The lowest BCUT2D eigenvalue weighted by Crippen LogP contribution is -2.45. The van der Waals surface area contributed by atoms with Gasteiger partial charge in [0.2, 0.25) is 0 Å². The van der Waals surface area contributed by atoms with Crippen molar-refractivity contribution in [2.24, 2.45) is 5.92 Å². The third-order valence-corrected chi connectivity index (χ3v) is 4.92. The number of nitrogens with zero attached hydrogens (tertiary/aromatic N) is 1. The Labute approximate surface area is 134 Å². The average Bonchev–Trinajstić information content (AvgIpc) is 2.48. The van der Waals surface area contributed by atoms with Crippen LogP contribution in [0.5, 0.6) is 0 Å². The van der Waals surface area contributed by atoms with E-state index in [0.29, 0.717) is 12.1 Å². The van der Waals surface area contributed by atoms with Crippen LogP contribution in [0.15, 0.2) is 24.3 Å². The molecule has 1 aliphatic heterocycles. The first-order chi connectivity index (χ1) is 10.1. The zero-order valence-corrected chi connectivity index (χ0v) is 14.4. The molecule has 21 heavy (non-hydrogen) atoms. The molecule has 0 radical (unpaired) electrons. The number of hydrogen-bond donors (Lipinski definition) is 1. The van der Waals surface area contributed by atoms with E-state index in [1.807, 2.05) is 12.1 Å². The Morgan fingerprint density at radius 2 is 2.00 bits per heavy atom. The third-order valence-electron chi connectivity index (χ3n) is 4.67. The molecule has 3 heteroatoms. The van der Waals surface area contributed by atoms with Crippen LogP contribution < -0.4 is 5.32 Å². The maximum Gasteiger partial charge on any atom is 0.0406 e. The van der Waals surface area contributed by atoms with E-state index in [2.05, 4.69) is 43.1 Å². The van der Waals surface area contributed by atoms with Gasteiger partial charge in [0.25, 0.3) is 0 Å². The van der Waals surface area contributed by atoms with E-state index in [1.54, 1.807) is 0 Å². The number of hydrogen-bond acceptors (Lipinski definition) is 2. The van der Waals surface area contributed by atoms with Gasteiger partial charge in [0.15, 0.2) is 0 Å². The van der Waals surface area contributed by atoms with Crippen molar-refractivity contribution >= 4 is 11.6 Å². The Morgan fingerprint density at radius 3 is 2.67 bits per heavy atom. The molecule has 2 nitrogen and oxygen atoms in total. The van der Waals surface area contributed by atoms with Crippen LogP contribution >= 0.6 is 11.6 Å². The summed E-state index contributed by atoms with van der Waals surface area (Å²) in [5, 5.41) is 4.59. The van der Waals surface area contributed by atoms with Gasteiger partial charge in [-0.1, -0.05) is 30.7 Å². The van der Waals surface area contributed by atoms with Crippen molar-refractivity contribution in [2.45, 2.75) is 52.1 Å². The molecule has 1 heterocycles. The summed E-state index contributed by atoms with van der Waals surface area (Å²) in [6.45, 7) is 10.6. The second-order valence-electron chi connectivity index (χ2n) is 6.43.